The molecule has 0 saturated carbocycles. The topological polar surface area (TPSA) is 49.4 Å². The number of amides is 2. The van der Waals surface area contributed by atoms with Gasteiger partial charge in [0.25, 0.3) is 5.91 Å². The summed E-state index contributed by atoms with van der Waals surface area (Å²) >= 11 is 6.16. The van der Waals surface area contributed by atoms with E-state index >= 15 is 0 Å². The Hall–Kier alpha value is -1.55. The molecular formula is C12H11ClN2O2. The second-order valence-corrected chi connectivity index (χ2v) is 5.00. The van der Waals surface area contributed by atoms with E-state index in [9.17, 15) is 9.59 Å². The zero-order valence-electron chi connectivity index (χ0n) is 9.02. The van der Waals surface area contributed by atoms with Crippen LogP contribution in [0.15, 0.2) is 30.3 Å². The number of hydrogen-bond donors (Lipinski definition) is 1. The van der Waals surface area contributed by atoms with Gasteiger partial charge in [0, 0.05) is 5.69 Å². The van der Waals surface area contributed by atoms with Crippen molar-refractivity contribution in [2.45, 2.75) is 23.9 Å². The molecule has 1 aromatic rings. The zero-order chi connectivity index (χ0) is 12.0. The largest absolute Gasteiger partial charge is 0.328 e. The van der Waals surface area contributed by atoms with E-state index in [1.54, 1.807) is 0 Å². The Kier molecular flexibility index (Phi) is 2.16. The van der Waals surface area contributed by atoms with Crippen LogP contribution >= 0.6 is 11.6 Å². The van der Waals surface area contributed by atoms with E-state index in [0.29, 0.717) is 12.8 Å². The number of anilines is 1. The number of para-hydroxylation sites is 1. The van der Waals surface area contributed by atoms with Crippen LogP contribution in [0.5, 0.6) is 0 Å². The number of carbonyl (C=O) groups excluding carboxylic acids is 2. The predicted octanol–water partition coefficient (Wildman–Crippen LogP) is 1.25. The maximum atomic E-state index is 12.2. The molecule has 0 aromatic heterocycles. The van der Waals surface area contributed by atoms with Crippen LogP contribution in [0.25, 0.3) is 0 Å². The summed E-state index contributed by atoms with van der Waals surface area (Å²) in [5.74, 6) is -0.407. The monoisotopic (exact) mass is 250 g/mol. The molecule has 1 aromatic carbocycles. The van der Waals surface area contributed by atoms with Gasteiger partial charge in [0.05, 0.1) is 0 Å². The van der Waals surface area contributed by atoms with E-state index in [4.69, 9.17) is 11.6 Å². The number of fused-ring (bicyclic) bond motifs is 3. The molecule has 3 fully saturated rings. The van der Waals surface area contributed by atoms with Crippen molar-refractivity contribution in [2.24, 2.45) is 0 Å². The normalized spacial score (nSPS) is 31.6. The van der Waals surface area contributed by atoms with Crippen molar-refractivity contribution < 1.29 is 9.59 Å². The summed E-state index contributed by atoms with van der Waals surface area (Å²) in [6.07, 6.45) is 1.10. The Balaban J connectivity index is 2.06. The van der Waals surface area contributed by atoms with Crippen LogP contribution in [-0.2, 0) is 9.59 Å². The number of rotatable bonds is 1. The third-order valence-electron chi connectivity index (χ3n) is 3.29. The Morgan fingerprint density at radius 2 is 2.00 bits per heavy atom. The van der Waals surface area contributed by atoms with Gasteiger partial charge in [-0.1, -0.05) is 29.8 Å². The third kappa shape index (κ3) is 1.44. The number of nitrogens with zero attached hydrogens (tertiary/aromatic N) is 1. The summed E-state index contributed by atoms with van der Waals surface area (Å²) in [6, 6.07) is 8.74. The maximum absolute atomic E-state index is 12.2. The summed E-state index contributed by atoms with van der Waals surface area (Å²) in [4.78, 5) is 24.3. The summed E-state index contributed by atoms with van der Waals surface area (Å²) in [7, 11) is 0. The van der Waals surface area contributed by atoms with E-state index in [1.807, 2.05) is 30.3 Å². The highest BCUT2D eigenvalue weighted by molar-refractivity contribution is 6.39. The molecule has 0 radical (unpaired) electrons. The van der Waals surface area contributed by atoms with E-state index in [-0.39, 0.29) is 11.8 Å². The molecule has 3 saturated heterocycles. The van der Waals surface area contributed by atoms with Crippen molar-refractivity contribution in [1.29, 1.82) is 0 Å². The van der Waals surface area contributed by atoms with Crippen LogP contribution in [-0.4, -0.2) is 22.9 Å². The fourth-order valence-corrected chi connectivity index (χ4v) is 2.73. The average Bonchev–Trinajstić information content (AvgIpc) is 2.32. The maximum Gasteiger partial charge on any atom is 0.269 e. The van der Waals surface area contributed by atoms with Gasteiger partial charge in [-0.3, -0.25) is 14.5 Å². The van der Waals surface area contributed by atoms with Crippen molar-refractivity contribution in [3.63, 3.8) is 0 Å². The van der Waals surface area contributed by atoms with Gasteiger partial charge in [0.1, 0.15) is 6.04 Å². The van der Waals surface area contributed by atoms with Crippen LogP contribution < -0.4 is 10.2 Å². The molecular weight excluding hydrogens is 240 g/mol. The first-order valence-corrected chi connectivity index (χ1v) is 5.89. The van der Waals surface area contributed by atoms with Gasteiger partial charge >= 0.3 is 0 Å². The number of nitrogens with one attached hydrogen (secondary N) is 1. The molecule has 2 unspecified atom stereocenters. The van der Waals surface area contributed by atoms with E-state index < -0.39 is 11.0 Å². The van der Waals surface area contributed by atoms with Crippen LogP contribution in [0.1, 0.15) is 12.8 Å². The minimum Gasteiger partial charge on any atom is -0.328 e. The SMILES string of the molecule is O=C1NC2(Cl)CCC1N(c1ccccc1)C2=O. The molecule has 4 nitrogen and oxygen atoms in total. The molecule has 2 bridgehead atoms. The lowest BCUT2D eigenvalue weighted by Crippen LogP contribution is -2.72. The second kappa shape index (κ2) is 3.47. The average molecular weight is 251 g/mol. The molecule has 3 aliphatic rings. The van der Waals surface area contributed by atoms with E-state index in [1.165, 1.54) is 4.90 Å². The molecule has 2 amide bonds. The Morgan fingerprint density at radius 1 is 1.29 bits per heavy atom. The Morgan fingerprint density at radius 3 is 2.65 bits per heavy atom. The smallest absolute Gasteiger partial charge is 0.269 e. The molecule has 0 spiro atoms. The van der Waals surface area contributed by atoms with Crippen LogP contribution in [0.4, 0.5) is 5.69 Å². The predicted molar refractivity (Wildman–Crippen MR) is 63.7 cm³/mol. The first kappa shape index (κ1) is 10.6. The number of hydrogen-bond acceptors (Lipinski definition) is 2. The highest BCUT2D eigenvalue weighted by atomic mass is 35.5. The number of halogens is 1. The standard InChI is InChI=1S/C12H11ClN2O2/c13-12-7-6-9(10(16)14-12)15(11(12)17)8-4-2-1-3-5-8/h1-5,9H,6-7H2,(H,14,16). The third-order valence-corrected chi connectivity index (χ3v) is 3.74. The Labute approximate surface area is 104 Å². The summed E-state index contributed by atoms with van der Waals surface area (Å²) in [5.41, 5.74) is 0.724. The van der Waals surface area contributed by atoms with Crippen LogP contribution in [0.3, 0.4) is 0 Å². The first-order valence-electron chi connectivity index (χ1n) is 5.51. The number of alkyl halides is 1. The molecule has 0 aliphatic carbocycles. The van der Waals surface area contributed by atoms with Crippen molar-refractivity contribution in [3.05, 3.63) is 30.3 Å². The molecule has 1 N–H and O–H groups in total. The fourth-order valence-electron chi connectivity index (χ4n) is 2.43. The highest BCUT2D eigenvalue weighted by Crippen LogP contribution is 2.37. The molecule has 2 atom stereocenters. The molecule has 17 heavy (non-hydrogen) atoms. The number of piperazine rings is 1. The lowest BCUT2D eigenvalue weighted by Gasteiger charge is -2.48. The summed E-state index contributed by atoms with van der Waals surface area (Å²) < 4.78 is 0. The minimum absolute atomic E-state index is 0.172. The fraction of sp³-hybridized carbons (Fsp3) is 0.333. The van der Waals surface area contributed by atoms with Gasteiger partial charge in [-0.2, -0.15) is 0 Å². The zero-order valence-corrected chi connectivity index (χ0v) is 9.78. The quantitative estimate of drug-likeness (QED) is 0.602. The first-order chi connectivity index (χ1) is 8.12. The molecule has 5 heteroatoms. The van der Waals surface area contributed by atoms with E-state index in [2.05, 4.69) is 5.32 Å². The number of carbonyl (C=O) groups is 2. The van der Waals surface area contributed by atoms with Crippen molar-refractivity contribution >= 4 is 29.1 Å². The summed E-state index contributed by atoms with van der Waals surface area (Å²) in [6.45, 7) is 0. The van der Waals surface area contributed by atoms with Gasteiger partial charge in [-0.25, -0.2) is 0 Å². The van der Waals surface area contributed by atoms with Gasteiger partial charge in [0.2, 0.25) is 5.91 Å². The van der Waals surface area contributed by atoms with Crippen LogP contribution in [0, 0.1) is 0 Å². The van der Waals surface area contributed by atoms with Crippen molar-refractivity contribution in [1.82, 2.24) is 5.32 Å². The Bertz CT molecular complexity index is 491. The van der Waals surface area contributed by atoms with E-state index in [0.717, 1.165) is 5.69 Å². The lowest BCUT2D eigenvalue weighted by molar-refractivity contribution is -0.138. The number of benzene rings is 1. The lowest BCUT2D eigenvalue weighted by atomic mass is 9.90. The number of piperidine rings is 2. The van der Waals surface area contributed by atoms with Crippen molar-refractivity contribution in [2.75, 3.05) is 4.90 Å². The molecule has 3 aliphatic heterocycles. The molecule has 4 rings (SSSR count). The van der Waals surface area contributed by atoms with Gasteiger partial charge in [-0.05, 0) is 25.0 Å². The summed E-state index contributed by atoms with van der Waals surface area (Å²) in [5, 5.41) is 2.58. The minimum atomic E-state index is -1.25. The van der Waals surface area contributed by atoms with Crippen molar-refractivity contribution in [3.8, 4) is 0 Å². The van der Waals surface area contributed by atoms with Gasteiger partial charge in [-0.15, -0.1) is 0 Å². The molecule has 3 heterocycles. The highest BCUT2D eigenvalue weighted by Gasteiger charge is 2.55. The van der Waals surface area contributed by atoms with Gasteiger partial charge < -0.3 is 5.32 Å². The second-order valence-electron chi connectivity index (χ2n) is 4.36. The van der Waals surface area contributed by atoms with Crippen LogP contribution in [0.2, 0.25) is 0 Å². The van der Waals surface area contributed by atoms with Gasteiger partial charge in [0.15, 0.2) is 5.00 Å². The molecule has 88 valence electrons.